The Hall–Kier alpha value is -3.78. The van der Waals surface area contributed by atoms with Crippen molar-refractivity contribution in [1.82, 2.24) is 15.0 Å². The minimum atomic E-state index is -1.000. The molecule has 4 rings (SSSR count). The Bertz CT molecular complexity index is 1320. The number of pyridine rings is 2. The highest BCUT2D eigenvalue weighted by Crippen LogP contribution is 2.38. The van der Waals surface area contributed by atoms with Gasteiger partial charge >= 0.3 is 5.97 Å². The van der Waals surface area contributed by atoms with E-state index < -0.39 is 11.4 Å². The molecule has 2 N–H and O–H groups in total. The first-order valence-corrected chi connectivity index (χ1v) is 11.2. The van der Waals surface area contributed by atoms with Crippen LogP contribution in [0, 0.1) is 13.8 Å². The fourth-order valence-corrected chi connectivity index (χ4v) is 4.01. The number of aryl methyl sites for hydroxylation is 2. The van der Waals surface area contributed by atoms with Crippen molar-refractivity contribution in [3.8, 4) is 22.2 Å². The Balaban J connectivity index is 1.58. The number of carboxylic acids is 1. The molecule has 0 unspecified atom stereocenters. The van der Waals surface area contributed by atoms with Crippen LogP contribution >= 0.6 is 11.3 Å². The molecule has 0 spiro atoms. The maximum atomic E-state index is 11.6. The van der Waals surface area contributed by atoms with E-state index in [-0.39, 0.29) is 0 Å². The van der Waals surface area contributed by atoms with Crippen LogP contribution in [0.2, 0.25) is 0 Å². The van der Waals surface area contributed by atoms with E-state index in [4.69, 9.17) is 4.74 Å². The van der Waals surface area contributed by atoms with Crippen molar-refractivity contribution in [2.45, 2.75) is 33.1 Å². The van der Waals surface area contributed by atoms with Gasteiger partial charge < -0.3 is 15.2 Å². The molecular formula is C25H24N4O3S. The van der Waals surface area contributed by atoms with Crippen molar-refractivity contribution >= 4 is 28.8 Å². The number of nitrogens with zero attached hydrogens (tertiary/aromatic N) is 3. The Morgan fingerprint density at radius 3 is 2.61 bits per heavy atom. The zero-order chi connectivity index (χ0) is 23.6. The highest BCUT2D eigenvalue weighted by atomic mass is 32.1. The van der Waals surface area contributed by atoms with E-state index in [9.17, 15) is 9.90 Å². The van der Waals surface area contributed by atoms with Crippen molar-refractivity contribution < 1.29 is 14.6 Å². The predicted molar refractivity (Wildman–Crippen MR) is 130 cm³/mol. The molecule has 0 saturated carbocycles. The molecule has 0 aliphatic heterocycles. The molecule has 7 nitrogen and oxygen atoms in total. The van der Waals surface area contributed by atoms with Crippen molar-refractivity contribution in [3.63, 3.8) is 0 Å². The standard InChI is InChI=1S/C25H24N4O3S/c1-15-7-5-10-20(27-15)22-23(33-16(2)28-22)32-19-11-12-26-21(14-19)29-18-9-6-8-17(13-18)25(3,4)24(30)31/h5-14H,1-4H3,(H,26,29)(H,30,31). The molecule has 0 atom stereocenters. The molecule has 0 radical (unpaired) electrons. The van der Waals surface area contributed by atoms with Gasteiger partial charge in [-0.05, 0) is 63.6 Å². The number of thiazole rings is 1. The van der Waals surface area contributed by atoms with Crippen LogP contribution in [0.15, 0.2) is 60.8 Å². The van der Waals surface area contributed by atoms with Crippen molar-refractivity contribution in [3.05, 3.63) is 77.1 Å². The van der Waals surface area contributed by atoms with Gasteiger partial charge in [-0.2, -0.15) is 0 Å². The van der Waals surface area contributed by atoms with Gasteiger partial charge in [-0.3, -0.25) is 9.78 Å². The average Bonchev–Trinajstić information content (AvgIpc) is 3.14. The Morgan fingerprint density at radius 1 is 1.06 bits per heavy atom. The summed E-state index contributed by atoms with van der Waals surface area (Å²) in [5, 5.41) is 14.3. The normalized spacial score (nSPS) is 11.3. The van der Waals surface area contributed by atoms with E-state index in [2.05, 4.69) is 20.3 Å². The maximum absolute atomic E-state index is 11.6. The molecule has 4 aromatic rings. The van der Waals surface area contributed by atoms with Gasteiger partial charge in [0.1, 0.15) is 17.3 Å². The highest BCUT2D eigenvalue weighted by molar-refractivity contribution is 7.13. The van der Waals surface area contributed by atoms with Crippen molar-refractivity contribution in [2.24, 2.45) is 0 Å². The fourth-order valence-electron chi connectivity index (χ4n) is 3.22. The number of hydrogen-bond acceptors (Lipinski definition) is 7. The lowest BCUT2D eigenvalue weighted by molar-refractivity contribution is -0.142. The summed E-state index contributed by atoms with van der Waals surface area (Å²) in [5.74, 6) is 0.299. The van der Waals surface area contributed by atoms with Crippen LogP contribution in [0.3, 0.4) is 0 Å². The number of carboxylic acid groups (broad SMARTS) is 1. The first-order valence-electron chi connectivity index (χ1n) is 10.4. The van der Waals surface area contributed by atoms with E-state index in [0.29, 0.717) is 27.9 Å². The second-order valence-electron chi connectivity index (χ2n) is 8.15. The molecule has 0 amide bonds. The Morgan fingerprint density at radius 2 is 1.85 bits per heavy atom. The van der Waals surface area contributed by atoms with Gasteiger partial charge in [-0.1, -0.05) is 29.5 Å². The third-order valence-corrected chi connectivity index (χ3v) is 6.02. The summed E-state index contributed by atoms with van der Waals surface area (Å²) in [7, 11) is 0. The summed E-state index contributed by atoms with van der Waals surface area (Å²) < 4.78 is 6.17. The Kier molecular flexibility index (Phi) is 6.11. The monoisotopic (exact) mass is 460 g/mol. The maximum Gasteiger partial charge on any atom is 0.313 e. The third-order valence-electron chi connectivity index (χ3n) is 5.17. The van der Waals surface area contributed by atoms with E-state index in [1.165, 1.54) is 11.3 Å². The van der Waals surface area contributed by atoms with Gasteiger partial charge in [0, 0.05) is 23.6 Å². The minimum absolute atomic E-state index is 0.578. The number of ether oxygens (including phenoxy) is 1. The van der Waals surface area contributed by atoms with E-state index in [1.54, 1.807) is 38.2 Å². The molecule has 3 aromatic heterocycles. The number of hydrogen-bond donors (Lipinski definition) is 2. The van der Waals surface area contributed by atoms with Gasteiger partial charge in [0.05, 0.1) is 16.1 Å². The summed E-state index contributed by atoms with van der Waals surface area (Å²) in [6.45, 7) is 7.23. The number of benzene rings is 1. The lowest BCUT2D eigenvalue weighted by Crippen LogP contribution is -2.28. The molecule has 8 heteroatoms. The van der Waals surface area contributed by atoms with Crippen LogP contribution < -0.4 is 10.1 Å². The smallest absolute Gasteiger partial charge is 0.313 e. The third kappa shape index (κ3) is 5.01. The highest BCUT2D eigenvalue weighted by Gasteiger charge is 2.29. The molecule has 33 heavy (non-hydrogen) atoms. The second kappa shape index (κ2) is 8.99. The quantitative estimate of drug-likeness (QED) is 0.343. The minimum Gasteiger partial charge on any atom is -0.481 e. The van der Waals surface area contributed by atoms with Gasteiger partial charge in [0.2, 0.25) is 5.06 Å². The first-order chi connectivity index (χ1) is 15.7. The molecular weight excluding hydrogens is 436 g/mol. The molecule has 1 aromatic carbocycles. The molecule has 0 saturated heterocycles. The summed E-state index contributed by atoms with van der Waals surface area (Å²) in [6, 6.07) is 16.7. The summed E-state index contributed by atoms with van der Waals surface area (Å²) >= 11 is 1.46. The van der Waals surface area contributed by atoms with E-state index in [0.717, 1.165) is 22.1 Å². The van der Waals surface area contributed by atoms with Crippen LogP contribution in [-0.2, 0) is 10.2 Å². The largest absolute Gasteiger partial charge is 0.481 e. The topological polar surface area (TPSA) is 97.2 Å². The Labute approximate surface area is 196 Å². The fraction of sp³-hybridized carbons (Fsp3) is 0.200. The summed E-state index contributed by atoms with van der Waals surface area (Å²) in [5.41, 5.74) is 2.82. The number of carbonyl (C=O) groups is 1. The van der Waals surface area contributed by atoms with Gasteiger partial charge in [0.25, 0.3) is 0 Å². The molecule has 0 bridgehead atoms. The van der Waals surface area contributed by atoms with Crippen LogP contribution in [0.25, 0.3) is 11.4 Å². The number of nitrogens with one attached hydrogen (secondary N) is 1. The van der Waals surface area contributed by atoms with Crippen LogP contribution in [0.1, 0.15) is 30.1 Å². The number of aliphatic carboxylic acids is 1. The molecule has 0 aliphatic rings. The zero-order valence-electron chi connectivity index (χ0n) is 18.8. The number of anilines is 2. The molecule has 0 fully saturated rings. The van der Waals surface area contributed by atoms with Gasteiger partial charge in [-0.15, -0.1) is 0 Å². The second-order valence-corrected chi connectivity index (χ2v) is 9.31. The summed E-state index contributed by atoms with van der Waals surface area (Å²) in [6.07, 6.45) is 1.65. The van der Waals surface area contributed by atoms with Crippen LogP contribution in [-0.4, -0.2) is 26.0 Å². The van der Waals surface area contributed by atoms with E-state index >= 15 is 0 Å². The first kappa shape index (κ1) is 22.4. The predicted octanol–water partition coefficient (Wildman–Crippen LogP) is 6.12. The lowest BCUT2D eigenvalue weighted by atomic mass is 9.84. The van der Waals surface area contributed by atoms with Crippen LogP contribution in [0.5, 0.6) is 10.8 Å². The number of rotatable bonds is 7. The SMILES string of the molecule is Cc1cccc(-c2nc(C)sc2Oc2ccnc(Nc3cccc(C(C)(C)C(=O)O)c3)c2)n1. The van der Waals surface area contributed by atoms with Gasteiger partial charge in [-0.25, -0.2) is 9.97 Å². The van der Waals surface area contributed by atoms with Gasteiger partial charge in [0.15, 0.2) is 0 Å². The zero-order valence-corrected chi connectivity index (χ0v) is 19.6. The van der Waals surface area contributed by atoms with E-state index in [1.807, 2.05) is 50.2 Å². The van der Waals surface area contributed by atoms with Crippen LogP contribution in [0.4, 0.5) is 11.5 Å². The van der Waals surface area contributed by atoms with Crippen molar-refractivity contribution in [2.75, 3.05) is 5.32 Å². The van der Waals surface area contributed by atoms with Crippen molar-refractivity contribution in [1.29, 1.82) is 0 Å². The summed E-state index contributed by atoms with van der Waals surface area (Å²) in [4.78, 5) is 25.1. The molecule has 3 heterocycles. The molecule has 0 aliphatic carbocycles. The number of aromatic nitrogens is 3. The lowest BCUT2D eigenvalue weighted by Gasteiger charge is -2.20. The average molecular weight is 461 g/mol. The molecule has 168 valence electrons.